The topological polar surface area (TPSA) is 57.2 Å². The molecule has 3 rings (SSSR count). The van der Waals surface area contributed by atoms with Gasteiger partial charge in [-0.2, -0.15) is 0 Å². The van der Waals surface area contributed by atoms with Gasteiger partial charge in [-0.3, -0.25) is 4.79 Å². The third-order valence-corrected chi connectivity index (χ3v) is 4.70. The van der Waals surface area contributed by atoms with Crippen LogP contribution >= 0.6 is 0 Å². The van der Waals surface area contributed by atoms with Gasteiger partial charge in [0.2, 0.25) is 0 Å². The lowest BCUT2D eigenvalue weighted by Gasteiger charge is -2.24. The van der Waals surface area contributed by atoms with E-state index >= 15 is 0 Å². The summed E-state index contributed by atoms with van der Waals surface area (Å²) in [5.41, 5.74) is 1.52. The van der Waals surface area contributed by atoms with Gasteiger partial charge in [0.25, 0.3) is 5.91 Å². The Hall–Kier alpha value is -2.89. The number of benzene rings is 2. The summed E-state index contributed by atoms with van der Waals surface area (Å²) in [7, 11) is 6.29. The van der Waals surface area contributed by atoms with E-state index < -0.39 is 0 Å². The van der Waals surface area contributed by atoms with Crippen molar-refractivity contribution in [3.8, 4) is 23.0 Å². The summed E-state index contributed by atoms with van der Waals surface area (Å²) in [6.45, 7) is 0.533. The molecule has 0 unspecified atom stereocenters. The Morgan fingerprint density at radius 3 is 2.00 bits per heavy atom. The van der Waals surface area contributed by atoms with E-state index in [1.807, 2.05) is 29.2 Å². The van der Waals surface area contributed by atoms with Gasteiger partial charge in [-0.25, -0.2) is 0 Å². The third-order valence-electron chi connectivity index (χ3n) is 4.70. The first kappa shape index (κ1) is 18.9. The van der Waals surface area contributed by atoms with Crippen LogP contribution in [0, 0.1) is 0 Å². The van der Waals surface area contributed by atoms with Crippen molar-refractivity contribution in [1.29, 1.82) is 0 Å². The van der Waals surface area contributed by atoms with Crippen molar-refractivity contribution in [2.75, 3.05) is 28.4 Å². The second kappa shape index (κ2) is 8.20. The van der Waals surface area contributed by atoms with Crippen LogP contribution in [0.3, 0.4) is 0 Å². The van der Waals surface area contributed by atoms with Gasteiger partial charge in [-0.1, -0.05) is 12.1 Å². The predicted molar refractivity (Wildman–Crippen MR) is 102 cm³/mol. The first-order valence-corrected chi connectivity index (χ1v) is 8.85. The van der Waals surface area contributed by atoms with Gasteiger partial charge in [0, 0.05) is 24.7 Å². The molecule has 0 bridgehead atoms. The molecule has 1 fully saturated rings. The Balaban J connectivity index is 1.90. The Morgan fingerprint density at radius 2 is 1.48 bits per heavy atom. The molecule has 1 aliphatic rings. The summed E-state index contributed by atoms with van der Waals surface area (Å²) in [6.07, 6.45) is 2.02. The van der Waals surface area contributed by atoms with Crippen LogP contribution in [0.2, 0.25) is 0 Å². The number of carbonyl (C=O) groups excluding carboxylic acids is 1. The van der Waals surface area contributed by atoms with Crippen LogP contribution in [0.15, 0.2) is 36.4 Å². The molecule has 1 aliphatic carbocycles. The number of carbonyl (C=O) groups is 1. The summed E-state index contributed by atoms with van der Waals surface area (Å²) in [6, 6.07) is 11.4. The monoisotopic (exact) mass is 371 g/mol. The fraction of sp³-hybridized carbons (Fsp3) is 0.381. The predicted octanol–water partition coefficient (Wildman–Crippen LogP) is 3.53. The molecule has 2 aromatic rings. The molecule has 0 radical (unpaired) electrons. The van der Waals surface area contributed by atoms with Crippen LogP contribution in [-0.4, -0.2) is 45.3 Å². The zero-order valence-corrected chi connectivity index (χ0v) is 16.2. The molecule has 1 amide bonds. The van der Waals surface area contributed by atoms with Crippen LogP contribution in [0.5, 0.6) is 23.0 Å². The van der Waals surface area contributed by atoms with Crippen LogP contribution in [0.1, 0.15) is 28.8 Å². The molecule has 1 saturated carbocycles. The number of amides is 1. The van der Waals surface area contributed by atoms with E-state index in [0.717, 1.165) is 24.2 Å². The van der Waals surface area contributed by atoms with E-state index in [1.54, 1.807) is 40.6 Å². The fourth-order valence-corrected chi connectivity index (χ4v) is 3.03. The number of hydrogen-bond donors (Lipinski definition) is 0. The molecule has 144 valence electrons. The SMILES string of the molecule is COc1ccc(CN(C(=O)c2cc(OC)c(OC)cc2OC)C2CC2)cc1. The van der Waals surface area contributed by atoms with Gasteiger partial charge in [-0.15, -0.1) is 0 Å². The zero-order valence-electron chi connectivity index (χ0n) is 16.2. The number of hydrogen-bond acceptors (Lipinski definition) is 5. The molecule has 0 aliphatic heterocycles. The van der Waals surface area contributed by atoms with Crippen LogP contribution in [0.25, 0.3) is 0 Å². The largest absolute Gasteiger partial charge is 0.497 e. The lowest BCUT2D eigenvalue weighted by atomic mass is 10.1. The summed E-state index contributed by atoms with van der Waals surface area (Å²) in [5, 5.41) is 0. The van der Waals surface area contributed by atoms with Crippen molar-refractivity contribution in [2.24, 2.45) is 0 Å². The summed E-state index contributed by atoms with van der Waals surface area (Å²) >= 11 is 0. The van der Waals surface area contributed by atoms with Crippen LogP contribution in [0.4, 0.5) is 0 Å². The molecule has 0 saturated heterocycles. The first-order chi connectivity index (χ1) is 13.1. The maximum atomic E-state index is 13.3. The van der Waals surface area contributed by atoms with Gasteiger partial charge in [0.1, 0.15) is 11.5 Å². The quantitative estimate of drug-likeness (QED) is 0.711. The molecule has 0 atom stereocenters. The van der Waals surface area contributed by atoms with Crippen molar-refractivity contribution < 1.29 is 23.7 Å². The third kappa shape index (κ3) is 4.10. The number of methoxy groups -OCH3 is 4. The standard InChI is InChI=1S/C21H25NO5/c1-24-16-9-5-14(6-10-16)13-22(15-7-8-15)21(23)17-11-19(26-3)20(27-4)12-18(17)25-2/h5-6,9-12,15H,7-8,13H2,1-4H3. The fourth-order valence-electron chi connectivity index (χ4n) is 3.03. The number of ether oxygens (including phenoxy) is 4. The Labute approximate surface area is 159 Å². The first-order valence-electron chi connectivity index (χ1n) is 8.85. The van der Waals surface area contributed by atoms with E-state index in [4.69, 9.17) is 18.9 Å². The van der Waals surface area contributed by atoms with E-state index in [-0.39, 0.29) is 11.9 Å². The highest BCUT2D eigenvalue weighted by Gasteiger charge is 2.34. The van der Waals surface area contributed by atoms with Gasteiger partial charge in [-0.05, 0) is 30.5 Å². The number of nitrogens with zero attached hydrogens (tertiary/aromatic N) is 1. The lowest BCUT2D eigenvalue weighted by molar-refractivity contribution is 0.0726. The lowest BCUT2D eigenvalue weighted by Crippen LogP contribution is -2.33. The van der Waals surface area contributed by atoms with Crippen molar-refractivity contribution in [3.05, 3.63) is 47.5 Å². The normalized spacial score (nSPS) is 13.0. The van der Waals surface area contributed by atoms with Gasteiger partial charge in [0.05, 0.1) is 34.0 Å². The van der Waals surface area contributed by atoms with Crippen molar-refractivity contribution >= 4 is 5.91 Å². The summed E-state index contributed by atoms with van der Waals surface area (Å²) < 4.78 is 21.3. The average molecular weight is 371 g/mol. The van der Waals surface area contributed by atoms with Crippen LogP contribution < -0.4 is 18.9 Å². The molecule has 2 aromatic carbocycles. The molecule has 0 spiro atoms. The van der Waals surface area contributed by atoms with E-state index in [1.165, 1.54) is 0 Å². The van der Waals surface area contributed by atoms with Crippen LogP contribution in [-0.2, 0) is 6.54 Å². The maximum Gasteiger partial charge on any atom is 0.258 e. The summed E-state index contributed by atoms with van der Waals surface area (Å²) in [4.78, 5) is 15.2. The number of rotatable bonds is 8. The zero-order chi connectivity index (χ0) is 19.4. The molecule has 27 heavy (non-hydrogen) atoms. The molecule has 0 heterocycles. The van der Waals surface area contributed by atoms with E-state index in [2.05, 4.69) is 0 Å². The Bertz CT molecular complexity index is 799. The van der Waals surface area contributed by atoms with Crippen molar-refractivity contribution in [2.45, 2.75) is 25.4 Å². The van der Waals surface area contributed by atoms with Gasteiger partial charge < -0.3 is 23.8 Å². The molecule has 6 nitrogen and oxygen atoms in total. The minimum absolute atomic E-state index is 0.0777. The Morgan fingerprint density at radius 1 is 0.889 bits per heavy atom. The van der Waals surface area contributed by atoms with Crippen molar-refractivity contribution in [1.82, 2.24) is 4.90 Å². The molecule has 0 aromatic heterocycles. The smallest absolute Gasteiger partial charge is 0.258 e. The molecule has 0 N–H and O–H groups in total. The minimum Gasteiger partial charge on any atom is -0.497 e. The molecular weight excluding hydrogens is 346 g/mol. The Kier molecular flexibility index (Phi) is 5.74. The van der Waals surface area contributed by atoms with Gasteiger partial charge in [0.15, 0.2) is 11.5 Å². The van der Waals surface area contributed by atoms with Crippen molar-refractivity contribution in [3.63, 3.8) is 0 Å². The highest BCUT2D eigenvalue weighted by molar-refractivity contribution is 5.98. The van der Waals surface area contributed by atoms with E-state index in [9.17, 15) is 4.79 Å². The second-order valence-corrected chi connectivity index (χ2v) is 6.42. The molecule has 6 heteroatoms. The van der Waals surface area contributed by atoms with Gasteiger partial charge >= 0.3 is 0 Å². The maximum absolute atomic E-state index is 13.3. The molecular formula is C21H25NO5. The second-order valence-electron chi connectivity index (χ2n) is 6.42. The average Bonchev–Trinajstić information content (AvgIpc) is 3.56. The summed E-state index contributed by atoms with van der Waals surface area (Å²) in [5.74, 6) is 2.22. The van der Waals surface area contributed by atoms with E-state index in [0.29, 0.717) is 29.4 Å². The highest BCUT2D eigenvalue weighted by Crippen LogP contribution is 2.37. The minimum atomic E-state index is -0.0777. The highest BCUT2D eigenvalue weighted by atomic mass is 16.5.